The van der Waals surface area contributed by atoms with Crippen LogP contribution >= 0.6 is 0 Å². The van der Waals surface area contributed by atoms with Gasteiger partial charge >= 0.3 is 0 Å². The van der Waals surface area contributed by atoms with Gasteiger partial charge in [0.25, 0.3) is 0 Å². The molecule has 0 saturated carbocycles. The van der Waals surface area contributed by atoms with Gasteiger partial charge < -0.3 is 4.74 Å². The van der Waals surface area contributed by atoms with Crippen LogP contribution in [0.5, 0.6) is 5.75 Å². The highest BCUT2D eigenvalue weighted by molar-refractivity contribution is 5.64. The lowest BCUT2D eigenvalue weighted by molar-refractivity contribution is 0.415. The van der Waals surface area contributed by atoms with E-state index in [1.807, 2.05) is 30.3 Å². The lowest BCUT2D eigenvalue weighted by atomic mass is 10.1. The molecule has 0 saturated heterocycles. The summed E-state index contributed by atoms with van der Waals surface area (Å²) in [5.74, 6) is 0.770. The van der Waals surface area contributed by atoms with Gasteiger partial charge in [-0.1, -0.05) is 0 Å². The first kappa shape index (κ1) is 10.1. The lowest BCUT2D eigenvalue weighted by Crippen LogP contribution is -1.92. The second kappa shape index (κ2) is 4.41. The van der Waals surface area contributed by atoms with E-state index in [0.717, 1.165) is 11.3 Å². The van der Waals surface area contributed by atoms with Gasteiger partial charge in [0.2, 0.25) is 0 Å². The standard InChI is InChI=1S/C12H9N3O/c1-16-10-4-2-9(3-5-10)12-11(8-13)14-6-7-15-12/h2-7H,1H3. The third-order valence-corrected chi connectivity index (χ3v) is 2.17. The SMILES string of the molecule is COc1ccc(-c2nccnc2C#N)cc1. The van der Waals surface area contributed by atoms with E-state index in [0.29, 0.717) is 11.4 Å². The molecule has 0 spiro atoms. The highest BCUT2D eigenvalue weighted by Crippen LogP contribution is 2.21. The van der Waals surface area contributed by atoms with Gasteiger partial charge in [-0.15, -0.1) is 0 Å². The summed E-state index contributed by atoms with van der Waals surface area (Å²) in [6.45, 7) is 0. The maximum atomic E-state index is 8.90. The molecule has 1 heterocycles. The fourth-order valence-corrected chi connectivity index (χ4v) is 1.38. The van der Waals surface area contributed by atoms with E-state index in [-0.39, 0.29) is 0 Å². The third-order valence-electron chi connectivity index (χ3n) is 2.17. The van der Waals surface area contributed by atoms with Crippen molar-refractivity contribution in [2.75, 3.05) is 7.11 Å². The fourth-order valence-electron chi connectivity index (χ4n) is 1.38. The van der Waals surface area contributed by atoms with Gasteiger partial charge in [0.05, 0.1) is 7.11 Å². The summed E-state index contributed by atoms with van der Waals surface area (Å²) in [6, 6.07) is 9.37. The average Bonchev–Trinajstić information content (AvgIpc) is 2.39. The molecule has 0 unspecified atom stereocenters. The molecular formula is C12H9N3O. The minimum absolute atomic E-state index is 0.327. The van der Waals surface area contributed by atoms with E-state index < -0.39 is 0 Å². The van der Waals surface area contributed by atoms with E-state index in [1.165, 1.54) is 6.20 Å². The summed E-state index contributed by atoms with van der Waals surface area (Å²) in [5, 5.41) is 8.90. The Hall–Kier alpha value is -2.41. The molecule has 0 amide bonds. The summed E-state index contributed by atoms with van der Waals surface area (Å²) >= 11 is 0. The molecule has 1 aromatic carbocycles. The van der Waals surface area contributed by atoms with Crippen LogP contribution in [-0.2, 0) is 0 Å². The number of hydrogen-bond donors (Lipinski definition) is 0. The normalized spacial score (nSPS) is 9.50. The average molecular weight is 211 g/mol. The van der Waals surface area contributed by atoms with Crippen molar-refractivity contribution >= 4 is 0 Å². The highest BCUT2D eigenvalue weighted by atomic mass is 16.5. The smallest absolute Gasteiger partial charge is 0.166 e. The first-order chi connectivity index (χ1) is 7.85. The molecule has 0 radical (unpaired) electrons. The van der Waals surface area contributed by atoms with Gasteiger partial charge in [-0.25, -0.2) is 4.98 Å². The number of nitriles is 1. The predicted molar refractivity (Wildman–Crippen MR) is 58.7 cm³/mol. The Morgan fingerprint density at radius 2 is 1.81 bits per heavy atom. The van der Waals surface area contributed by atoms with Crippen molar-refractivity contribution in [2.24, 2.45) is 0 Å². The van der Waals surface area contributed by atoms with Crippen molar-refractivity contribution in [1.82, 2.24) is 9.97 Å². The Morgan fingerprint density at radius 1 is 1.12 bits per heavy atom. The molecule has 1 aromatic heterocycles. The maximum Gasteiger partial charge on any atom is 0.166 e. The zero-order chi connectivity index (χ0) is 11.4. The number of nitrogens with zero attached hydrogens (tertiary/aromatic N) is 3. The summed E-state index contributed by atoms with van der Waals surface area (Å²) in [6.07, 6.45) is 3.08. The fraction of sp³-hybridized carbons (Fsp3) is 0.0833. The Bertz CT molecular complexity index is 529. The van der Waals surface area contributed by atoms with E-state index in [2.05, 4.69) is 9.97 Å². The second-order valence-electron chi connectivity index (χ2n) is 3.09. The van der Waals surface area contributed by atoms with Crippen LogP contribution in [0, 0.1) is 11.3 Å². The van der Waals surface area contributed by atoms with Gasteiger partial charge in [0.15, 0.2) is 5.69 Å². The summed E-state index contributed by atoms with van der Waals surface area (Å²) < 4.78 is 5.06. The first-order valence-electron chi connectivity index (χ1n) is 4.70. The number of aromatic nitrogens is 2. The van der Waals surface area contributed by atoms with Gasteiger partial charge in [0.1, 0.15) is 17.5 Å². The van der Waals surface area contributed by atoms with Gasteiger partial charge in [-0.3, -0.25) is 4.98 Å². The number of ether oxygens (including phenoxy) is 1. The number of methoxy groups -OCH3 is 1. The predicted octanol–water partition coefficient (Wildman–Crippen LogP) is 2.02. The maximum absolute atomic E-state index is 8.90. The van der Waals surface area contributed by atoms with Crippen LogP contribution in [0.3, 0.4) is 0 Å². The number of hydrogen-bond acceptors (Lipinski definition) is 4. The van der Waals surface area contributed by atoms with Crippen LogP contribution in [0.2, 0.25) is 0 Å². The molecule has 0 atom stereocenters. The van der Waals surface area contributed by atoms with Crippen molar-refractivity contribution in [3.05, 3.63) is 42.4 Å². The van der Waals surface area contributed by atoms with Crippen LogP contribution in [0.1, 0.15) is 5.69 Å². The van der Waals surface area contributed by atoms with Gasteiger partial charge in [0, 0.05) is 18.0 Å². The molecule has 16 heavy (non-hydrogen) atoms. The van der Waals surface area contributed by atoms with Gasteiger partial charge in [-0.2, -0.15) is 5.26 Å². The van der Waals surface area contributed by atoms with Crippen LogP contribution in [0.4, 0.5) is 0 Å². The molecule has 4 nitrogen and oxygen atoms in total. The van der Waals surface area contributed by atoms with Crippen molar-refractivity contribution < 1.29 is 4.74 Å². The third kappa shape index (κ3) is 1.84. The van der Waals surface area contributed by atoms with Crippen LogP contribution in [0.15, 0.2) is 36.7 Å². The quantitative estimate of drug-likeness (QED) is 0.762. The van der Waals surface area contributed by atoms with Crippen LogP contribution in [0.25, 0.3) is 11.3 Å². The van der Waals surface area contributed by atoms with Crippen molar-refractivity contribution in [1.29, 1.82) is 5.26 Å². The molecule has 0 N–H and O–H groups in total. The second-order valence-corrected chi connectivity index (χ2v) is 3.09. The Kier molecular flexibility index (Phi) is 2.79. The van der Waals surface area contributed by atoms with E-state index >= 15 is 0 Å². The van der Waals surface area contributed by atoms with Crippen LogP contribution < -0.4 is 4.74 Å². The summed E-state index contributed by atoms with van der Waals surface area (Å²) in [7, 11) is 1.61. The molecule has 2 rings (SSSR count). The Morgan fingerprint density at radius 3 is 2.44 bits per heavy atom. The molecule has 0 aliphatic heterocycles. The molecule has 0 aliphatic rings. The first-order valence-corrected chi connectivity index (χ1v) is 4.70. The molecule has 0 aliphatic carbocycles. The topological polar surface area (TPSA) is 58.8 Å². The molecule has 78 valence electrons. The minimum atomic E-state index is 0.327. The largest absolute Gasteiger partial charge is 0.497 e. The Labute approximate surface area is 93.2 Å². The monoisotopic (exact) mass is 211 g/mol. The zero-order valence-electron chi connectivity index (χ0n) is 8.71. The van der Waals surface area contributed by atoms with E-state index in [4.69, 9.17) is 10.00 Å². The van der Waals surface area contributed by atoms with Crippen molar-refractivity contribution in [3.8, 4) is 23.1 Å². The molecule has 0 bridgehead atoms. The van der Waals surface area contributed by atoms with Crippen molar-refractivity contribution in [3.63, 3.8) is 0 Å². The molecular weight excluding hydrogens is 202 g/mol. The number of rotatable bonds is 2. The molecule has 2 aromatic rings. The van der Waals surface area contributed by atoms with Gasteiger partial charge in [-0.05, 0) is 24.3 Å². The molecule has 0 fully saturated rings. The van der Waals surface area contributed by atoms with E-state index in [1.54, 1.807) is 13.3 Å². The van der Waals surface area contributed by atoms with Crippen LogP contribution in [-0.4, -0.2) is 17.1 Å². The highest BCUT2D eigenvalue weighted by Gasteiger charge is 2.06. The number of benzene rings is 1. The van der Waals surface area contributed by atoms with E-state index in [9.17, 15) is 0 Å². The molecule has 4 heteroatoms. The van der Waals surface area contributed by atoms with Crippen molar-refractivity contribution in [2.45, 2.75) is 0 Å². The minimum Gasteiger partial charge on any atom is -0.497 e. The lowest BCUT2D eigenvalue weighted by Gasteiger charge is -2.03. The summed E-state index contributed by atoms with van der Waals surface area (Å²) in [5.41, 5.74) is 1.77. The summed E-state index contributed by atoms with van der Waals surface area (Å²) in [4.78, 5) is 8.11. The Balaban J connectivity index is 2.47. The zero-order valence-corrected chi connectivity index (χ0v) is 8.71.